The smallest absolute Gasteiger partial charge is 0.309 e. The van der Waals surface area contributed by atoms with Gasteiger partial charge in [0.1, 0.15) is 0 Å². The topological polar surface area (TPSA) is 69.9 Å². The predicted octanol–water partition coefficient (Wildman–Crippen LogP) is 0.701. The number of rotatable bonds is 3. The van der Waals surface area contributed by atoms with Crippen LogP contribution in [0, 0.1) is 0 Å². The summed E-state index contributed by atoms with van der Waals surface area (Å²) in [5, 5.41) is 19.0. The highest BCUT2D eigenvalue weighted by molar-refractivity contribution is 5.97. The molecule has 0 aromatic carbocycles. The summed E-state index contributed by atoms with van der Waals surface area (Å²) in [6.07, 6.45) is 0.301. The minimum atomic E-state index is -0.968. The second kappa shape index (κ2) is 3.88. The van der Waals surface area contributed by atoms with E-state index in [2.05, 4.69) is 5.16 Å². The van der Waals surface area contributed by atoms with Crippen molar-refractivity contribution < 1.29 is 15.1 Å². The molecule has 0 fully saturated rings. The van der Waals surface area contributed by atoms with E-state index in [9.17, 15) is 4.79 Å². The minimum Gasteiger partial charge on any atom is -0.481 e. The van der Waals surface area contributed by atoms with Crippen molar-refractivity contribution in [2.24, 2.45) is 5.16 Å². The maximum absolute atomic E-state index is 9.94. The van der Waals surface area contributed by atoms with Crippen LogP contribution < -0.4 is 0 Å². The first-order valence-corrected chi connectivity index (χ1v) is 2.62. The zero-order valence-electron chi connectivity index (χ0n) is 5.16. The number of oxime groups is 1. The molecule has 0 aromatic rings. The van der Waals surface area contributed by atoms with Gasteiger partial charge >= 0.3 is 5.97 Å². The van der Waals surface area contributed by atoms with Crippen molar-refractivity contribution in [3.8, 4) is 0 Å². The van der Waals surface area contributed by atoms with Gasteiger partial charge in [0.05, 0.1) is 12.1 Å². The molecule has 0 saturated carbocycles. The Morgan fingerprint density at radius 3 is 2.33 bits per heavy atom. The summed E-state index contributed by atoms with van der Waals surface area (Å²) in [7, 11) is 0. The number of carboxylic acid groups (broad SMARTS) is 1. The van der Waals surface area contributed by atoms with Crippen molar-refractivity contribution in [3.05, 3.63) is 0 Å². The molecule has 0 rings (SSSR count). The van der Waals surface area contributed by atoms with E-state index >= 15 is 0 Å². The lowest BCUT2D eigenvalue weighted by atomic mass is 10.2. The molecule has 0 aliphatic rings. The molecular formula is C5H9NO3. The molecule has 0 bridgehead atoms. The van der Waals surface area contributed by atoms with Crippen LogP contribution >= 0.6 is 0 Å². The van der Waals surface area contributed by atoms with E-state index < -0.39 is 5.97 Å². The Labute approximate surface area is 52.8 Å². The first kappa shape index (κ1) is 7.94. The van der Waals surface area contributed by atoms with E-state index in [0.717, 1.165) is 0 Å². The maximum atomic E-state index is 9.94. The van der Waals surface area contributed by atoms with Crippen molar-refractivity contribution in [1.29, 1.82) is 0 Å². The third kappa shape index (κ3) is 3.52. The fourth-order valence-electron chi connectivity index (χ4n) is 0.406. The molecular weight excluding hydrogens is 122 g/mol. The Morgan fingerprint density at radius 1 is 1.67 bits per heavy atom. The normalized spacial score (nSPS) is 11.4. The lowest BCUT2D eigenvalue weighted by Crippen LogP contribution is -2.05. The second-order valence-corrected chi connectivity index (χ2v) is 1.59. The van der Waals surface area contributed by atoms with Gasteiger partial charge in [-0.05, 0) is 6.42 Å². The summed E-state index contributed by atoms with van der Waals surface area (Å²) < 4.78 is 0. The molecule has 0 aromatic heterocycles. The van der Waals surface area contributed by atoms with Crippen LogP contribution in [0.5, 0.6) is 0 Å². The van der Waals surface area contributed by atoms with E-state index in [4.69, 9.17) is 10.3 Å². The molecule has 0 saturated heterocycles. The van der Waals surface area contributed by atoms with Crippen LogP contribution in [0.3, 0.4) is 0 Å². The Bertz CT molecular complexity index is 130. The van der Waals surface area contributed by atoms with E-state index in [1.807, 2.05) is 0 Å². The van der Waals surface area contributed by atoms with Gasteiger partial charge < -0.3 is 10.3 Å². The highest BCUT2D eigenvalue weighted by atomic mass is 16.4. The number of carbonyl (C=O) groups is 1. The Hall–Kier alpha value is -1.06. The average Bonchev–Trinajstić information content (AvgIpc) is 1.82. The number of hydrogen-bond acceptors (Lipinski definition) is 3. The molecule has 0 unspecified atom stereocenters. The largest absolute Gasteiger partial charge is 0.481 e. The molecule has 0 radical (unpaired) electrons. The van der Waals surface area contributed by atoms with Crippen LogP contribution in [0.1, 0.15) is 19.8 Å². The molecule has 2 N–H and O–H groups in total. The molecule has 52 valence electrons. The standard InChI is InChI=1S/C5H9NO3/c1-2-4(6-9)3-5(7)8/h9H,2-3H2,1H3,(H,7,8). The van der Waals surface area contributed by atoms with Crippen LogP contribution in [0.15, 0.2) is 5.16 Å². The summed E-state index contributed by atoms with van der Waals surface area (Å²) in [5.74, 6) is -0.968. The molecule has 0 spiro atoms. The number of nitrogens with zero attached hydrogens (tertiary/aromatic N) is 1. The van der Waals surface area contributed by atoms with Gasteiger partial charge in [0.25, 0.3) is 0 Å². The number of carboxylic acids is 1. The lowest BCUT2D eigenvalue weighted by molar-refractivity contribution is -0.135. The number of hydrogen-bond donors (Lipinski definition) is 2. The van der Waals surface area contributed by atoms with Crippen LogP contribution in [0.25, 0.3) is 0 Å². The van der Waals surface area contributed by atoms with Crippen molar-refractivity contribution >= 4 is 11.7 Å². The van der Waals surface area contributed by atoms with Gasteiger partial charge in [-0.15, -0.1) is 0 Å². The molecule has 0 atom stereocenters. The van der Waals surface area contributed by atoms with Crippen molar-refractivity contribution in [2.45, 2.75) is 19.8 Å². The predicted molar refractivity (Wildman–Crippen MR) is 31.8 cm³/mol. The maximum Gasteiger partial charge on any atom is 0.309 e. The quantitative estimate of drug-likeness (QED) is 0.336. The lowest BCUT2D eigenvalue weighted by Gasteiger charge is -1.92. The fourth-order valence-corrected chi connectivity index (χ4v) is 0.406. The number of aliphatic carboxylic acids is 1. The summed E-state index contributed by atoms with van der Waals surface area (Å²) in [4.78, 5) is 9.94. The summed E-state index contributed by atoms with van der Waals surface area (Å²) in [5.41, 5.74) is 0.294. The van der Waals surface area contributed by atoms with Crippen LogP contribution in [0.4, 0.5) is 0 Å². The average molecular weight is 131 g/mol. The van der Waals surface area contributed by atoms with Gasteiger partial charge in [0.15, 0.2) is 0 Å². The van der Waals surface area contributed by atoms with Crippen molar-refractivity contribution in [3.63, 3.8) is 0 Å². The summed E-state index contributed by atoms with van der Waals surface area (Å²) in [6.45, 7) is 1.73. The van der Waals surface area contributed by atoms with E-state index in [1.165, 1.54) is 0 Å². The summed E-state index contributed by atoms with van der Waals surface area (Å²) >= 11 is 0. The van der Waals surface area contributed by atoms with Crippen LogP contribution in [-0.2, 0) is 4.79 Å². The summed E-state index contributed by atoms with van der Waals surface area (Å²) in [6, 6.07) is 0. The minimum absolute atomic E-state index is 0.174. The third-order valence-electron chi connectivity index (χ3n) is 0.905. The van der Waals surface area contributed by atoms with Crippen molar-refractivity contribution in [1.82, 2.24) is 0 Å². The zero-order valence-corrected chi connectivity index (χ0v) is 5.16. The Kier molecular flexibility index (Phi) is 3.43. The molecule has 4 heteroatoms. The zero-order chi connectivity index (χ0) is 7.28. The van der Waals surface area contributed by atoms with Crippen molar-refractivity contribution in [2.75, 3.05) is 0 Å². The van der Waals surface area contributed by atoms with E-state index in [-0.39, 0.29) is 6.42 Å². The van der Waals surface area contributed by atoms with Crippen LogP contribution in [0.2, 0.25) is 0 Å². The van der Waals surface area contributed by atoms with E-state index in [1.54, 1.807) is 6.92 Å². The van der Waals surface area contributed by atoms with Gasteiger partial charge in [0, 0.05) is 0 Å². The van der Waals surface area contributed by atoms with E-state index in [0.29, 0.717) is 12.1 Å². The first-order chi connectivity index (χ1) is 4.20. The Morgan fingerprint density at radius 2 is 2.22 bits per heavy atom. The van der Waals surface area contributed by atoms with Gasteiger partial charge in [-0.25, -0.2) is 0 Å². The third-order valence-corrected chi connectivity index (χ3v) is 0.905. The molecule has 9 heavy (non-hydrogen) atoms. The first-order valence-electron chi connectivity index (χ1n) is 2.62. The molecule has 0 amide bonds. The van der Waals surface area contributed by atoms with Gasteiger partial charge in [-0.1, -0.05) is 12.1 Å². The SMILES string of the molecule is CCC(CC(=O)O)=NO. The molecule has 0 aliphatic heterocycles. The molecule has 0 heterocycles. The molecule has 0 aliphatic carbocycles. The highest BCUT2D eigenvalue weighted by Crippen LogP contribution is 1.90. The monoisotopic (exact) mass is 131 g/mol. The van der Waals surface area contributed by atoms with Crippen LogP contribution in [-0.4, -0.2) is 22.0 Å². The van der Waals surface area contributed by atoms with Gasteiger partial charge in [-0.3, -0.25) is 4.79 Å². The Balaban J connectivity index is 3.71. The fraction of sp³-hybridized carbons (Fsp3) is 0.600. The molecule has 4 nitrogen and oxygen atoms in total. The highest BCUT2D eigenvalue weighted by Gasteiger charge is 2.02. The van der Waals surface area contributed by atoms with Gasteiger partial charge in [-0.2, -0.15) is 0 Å². The van der Waals surface area contributed by atoms with Gasteiger partial charge in [0.2, 0.25) is 0 Å². The second-order valence-electron chi connectivity index (χ2n) is 1.59.